The second-order valence-corrected chi connectivity index (χ2v) is 7.00. The molecule has 1 aliphatic carbocycles. The van der Waals surface area contributed by atoms with Crippen molar-refractivity contribution in [1.29, 1.82) is 0 Å². The van der Waals surface area contributed by atoms with Crippen molar-refractivity contribution in [3.05, 3.63) is 11.1 Å². The highest BCUT2D eigenvalue weighted by molar-refractivity contribution is 7.15. The van der Waals surface area contributed by atoms with Gasteiger partial charge in [0.15, 0.2) is 5.13 Å². The first-order chi connectivity index (χ1) is 9.36. The van der Waals surface area contributed by atoms with E-state index in [1.54, 1.807) is 0 Å². The molecule has 1 saturated carbocycles. The van der Waals surface area contributed by atoms with Crippen molar-refractivity contribution in [1.82, 2.24) is 9.88 Å². The largest absolute Gasteiger partial charge is 0.362 e. The summed E-state index contributed by atoms with van der Waals surface area (Å²) in [6.07, 6.45) is 10.7. The molecule has 1 N–H and O–H groups in total. The topological polar surface area (TPSA) is 28.2 Å². The number of rotatable bonds is 5. The Morgan fingerprint density at radius 2 is 2.16 bits per heavy atom. The molecule has 3 nitrogen and oxygen atoms in total. The van der Waals surface area contributed by atoms with E-state index in [1.165, 1.54) is 49.9 Å². The van der Waals surface area contributed by atoms with Crippen molar-refractivity contribution in [2.24, 2.45) is 5.92 Å². The Morgan fingerprint density at radius 3 is 2.95 bits per heavy atom. The van der Waals surface area contributed by atoms with Crippen LogP contribution in [0.1, 0.15) is 50.3 Å². The number of hydrogen-bond acceptors (Lipinski definition) is 4. The summed E-state index contributed by atoms with van der Waals surface area (Å²) >= 11 is 1.82. The minimum Gasteiger partial charge on any atom is -0.362 e. The molecule has 0 radical (unpaired) electrons. The Bertz CT molecular complexity index is 398. The number of hydrogen-bond donors (Lipinski definition) is 1. The minimum atomic E-state index is 0.854. The summed E-state index contributed by atoms with van der Waals surface area (Å²) in [5.41, 5.74) is 0. The molecule has 4 heteroatoms. The van der Waals surface area contributed by atoms with E-state index in [0.717, 1.165) is 30.2 Å². The molecule has 1 unspecified atom stereocenters. The molecular weight excluding hydrogens is 254 g/mol. The summed E-state index contributed by atoms with van der Waals surface area (Å²) in [5, 5.41) is 4.39. The number of aromatic nitrogens is 1. The monoisotopic (exact) mass is 279 g/mol. The second-order valence-electron chi connectivity index (χ2n) is 5.89. The van der Waals surface area contributed by atoms with Crippen molar-refractivity contribution in [2.45, 2.75) is 58.0 Å². The predicted molar refractivity (Wildman–Crippen MR) is 81.7 cm³/mol. The minimum absolute atomic E-state index is 0.854. The van der Waals surface area contributed by atoms with Crippen molar-refractivity contribution >= 4 is 16.5 Å². The fourth-order valence-corrected chi connectivity index (χ4v) is 4.64. The van der Waals surface area contributed by atoms with E-state index < -0.39 is 0 Å². The van der Waals surface area contributed by atoms with Crippen LogP contribution in [0.25, 0.3) is 0 Å². The molecule has 0 aromatic carbocycles. The maximum atomic E-state index is 4.45. The molecule has 0 bridgehead atoms. The van der Waals surface area contributed by atoms with Gasteiger partial charge in [-0.05, 0) is 45.1 Å². The Hall–Kier alpha value is -0.610. The van der Waals surface area contributed by atoms with Crippen molar-refractivity contribution in [2.75, 3.05) is 18.4 Å². The van der Waals surface area contributed by atoms with Gasteiger partial charge in [0, 0.05) is 30.2 Å². The molecule has 1 aromatic heterocycles. The molecule has 3 rings (SSSR count). The molecule has 106 valence electrons. The van der Waals surface area contributed by atoms with Crippen LogP contribution in [0.4, 0.5) is 5.13 Å². The van der Waals surface area contributed by atoms with Crippen molar-refractivity contribution in [3.8, 4) is 0 Å². The standard InChI is InChI=1S/C15H25N3S/c1-2-16-15-17-10-13(19-15)11-18-9-5-8-14(18)12-6-3-4-7-12/h10,12,14H,2-9,11H2,1H3,(H,16,17). The third-order valence-electron chi connectivity index (χ3n) is 4.60. The van der Waals surface area contributed by atoms with Crippen LogP contribution in [-0.2, 0) is 6.54 Å². The Labute approximate surface area is 120 Å². The van der Waals surface area contributed by atoms with Crippen molar-refractivity contribution in [3.63, 3.8) is 0 Å². The zero-order chi connectivity index (χ0) is 13.1. The van der Waals surface area contributed by atoms with E-state index in [0.29, 0.717) is 0 Å². The summed E-state index contributed by atoms with van der Waals surface area (Å²) < 4.78 is 0. The Balaban J connectivity index is 1.60. The van der Waals surface area contributed by atoms with E-state index in [-0.39, 0.29) is 0 Å². The zero-order valence-corrected chi connectivity index (χ0v) is 12.7. The summed E-state index contributed by atoms with van der Waals surface area (Å²) in [5.74, 6) is 0.976. The van der Waals surface area contributed by atoms with Gasteiger partial charge in [0.05, 0.1) is 0 Å². The van der Waals surface area contributed by atoms with E-state index in [4.69, 9.17) is 0 Å². The fourth-order valence-electron chi connectivity index (χ4n) is 3.74. The number of anilines is 1. The van der Waals surface area contributed by atoms with Crippen LogP contribution in [0, 0.1) is 5.92 Å². The first kappa shape index (κ1) is 13.4. The Morgan fingerprint density at radius 1 is 1.32 bits per heavy atom. The molecule has 2 fully saturated rings. The third kappa shape index (κ3) is 3.11. The number of nitrogens with one attached hydrogen (secondary N) is 1. The molecule has 19 heavy (non-hydrogen) atoms. The first-order valence-corrected chi connectivity index (χ1v) is 8.61. The van der Waals surface area contributed by atoms with Crippen LogP contribution in [-0.4, -0.2) is 29.0 Å². The van der Waals surface area contributed by atoms with Crippen molar-refractivity contribution < 1.29 is 0 Å². The lowest BCUT2D eigenvalue weighted by molar-refractivity contribution is 0.184. The summed E-state index contributed by atoms with van der Waals surface area (Å²) in [6.45, 7) is 5.48. The van der Waals surface area contributed by atoms with Gasteiger partial charge >= 0.3 is 0 Å². The maximum absolute atomic E-state index is 4.45. The van der Waals surface area contributed by atoms with Crippen LogP contribution in [0.5, 0.6) is 0 Å². The van der Waals surface area contributed by atoms with E-state index in [2.05, 4.69) is 28.3 Å². The van der Waals surface area contributed by atoms with E-state index in [9.17, 15) is 0 Å². The first-order valence-electron chi connectivity index (χ1n) is 7.79. The molecule has 1 saturated heterocycles. The third-order valence-corrected chi connectivity index (χ3v) is 5.54. The summed E-state index contributed by atoms with van der Waals surface area (Å²) in [4.78, 5) is 8.59. The van der Waals surface area contributed by atoms with Crippen LogP contribution >= 0.6 is 11.3 Å². The molecule has 2 aliphatic rings. The van der Waals surface area contributed by atoms with Gasteiger partial charge in [-0.25, -0.2) is 4.98 Å². The van der Waals surface area contributed by atoms with E-state index >= 15 is 0 Å². The highest BCUT2D eigenvalue weighted by atomic mass is 32.1. The molecular formula is C15H25N3S. The van der Waals surface area contributed by atoms with Gasteiger partial charge in [-0.2, -0.15) is 0 Å². The van der Waals surface area contributed by atoms with Crippen LogP contribution < -0.4 is 5.32 Å². The molecule has 2 heterocycles. The quantitative estimate of drug-likeness (QED) is 0.890. The van der Waals surface area contributed by atoms with Gasteiger partial charge in [0.1, 0.15) is 0 Å². The molecule has 0 spiro atoms. The van der Waals surface area contributed by atoms with Gasteiger partial charge < -0.3 is 5.32 Å². The average Bonchev–Trinajstić information content (AvgIpc) is 3.11. The lowest BCUT2D eigenvalue weighted by atomic mass is 9.96. The number of likely N-dealkylation sites (tertiary alicyclic amines) is 1. The SMILES string of the molecule is CCNc1ncc(CN2CCCC2C2CCCC2)s1. The van der Waals surface area contributed by atoms with Gasteiger partial charge in [0.2, 0.25) is 0 Å². The van der Waals surface area contributed by atoms with Gasteiger partial charge in [-0.3, -0.25) is 4.90 Å². The van der Waals surface area contributed by atoms with Crippen LogP contribution in [0.3, 0.4) is 0 Å². The normalized spacial score (nSPS) is 25.2. The van der Waals surface area contributed by atoms with Gasteiger partial charge in [-0.15, -0.1) is 11.3 Å². The predicted octanol–water partition coefficient (Wildman–Crippen LogP) is 3.73. The van der Waals surface area contributed by atoms with Crippen LogP contribution in [0.2, 0.25) is 0 Å². The summed E-state index contributed by atoms with van der Waals surface area (Å²) in [7, 11) is 0. The lowest BCUT2D eigenvalue weighted by Gasteiger charge is -2.28. The molecule has 1 aliphatic heterocycles. The Kier molecular flexibility index (Phi) is 4.38. The van der Waals surface area contributed by atoms with Crippen LogP contribution in [0.15, 0.2) is 6.20 Å². The highest BCUT2D eigenvalue weighted by Gasteiger charge is 2.33. The zero-order valence-electron chi connectivity index (χ0n) is 11.9. The smallest absolute Gasteiger partial charge is 0.182 e. The average molecular weight is 279 g/mol. The van der Waals surface area contributed by atoms with Gasteiger partial charge in [0.25, 0.3) is 0 Å². The maximum Gasteiger partial charge on any atom is 0.182 e. The number of nitrogens with zero attached hydrogens (tertiary/aromatic N) is 2. The second kappa shape index (κ2) is 6.23. The highest BCUT2D eigenvalue weighted by Crippen LogP contribution is 2.36. The number of thiazole rings is 1. The molecule has 0 amide bonds. The fraction of sp³-hybridized carbons (Fsp3) is 0.800. The molecule has 1 aromatic rings. The molecule has 1 atom stereocenters. The summed E-state index contributed by atoms with van der Waals surface area (Å²) in [6, 6.07) is 0.854. The van der Waals surface area contributed by atoms with E-state index in [1.807, 2.05) is 11.3 Å². The lowest BCUT2D eigenvalue weighted by Crippen LogP contribution is -2.33. The van der Waals surface area contributed by atoms with Gasteiger partial charge in [-0.1, -0.05) is 12.8 Å².